The van der Waals surface area contributed by atoms with Crippen LogP contribution in [0, 0.1) is 5.41 Å². The number of hydrogen-bond donors (Lipinski definition) is 1. The van der Waals surface area contributed by atoms with Crippen LogP contribution in [0.25, 0.3) is 0 Å². The zero-order valence-electron chi connectivity index (χ0n) is 7.84. The molecule has 3 nitrogen and oxygen atoms in total. The van der Waals surface area contributed by atoms with E-state index in [2.05, 4.69) is 0 Å². The van der Waals surface area contributed by atoms with Gasteiger partial charge in [-0.05, 0) is 25.8 Å². The standard InChI is InChI=1S/C9H19NO2/c1-11-7-9(4-5-10)3-2-6-12-8-9/h2-8,10H2,1H3. The van der Waals surface area contributed by atoms with Crippen LogP contribution in [-0.4, -0.2) is 33.5 Å². The van der Waals surface area contributed by atoms with Gasteiger partial charge in [-0.15, -0.1) is 0 Å². The number of rotatable bonds is 4. The van der Waals surface area contributed by atoms with Crippen LogP contribution in [-0.2, 0) is 9.47 Å². The van der Waals surface area contributed by atoms with Gasteiger partial charge in [0.15, 0.2) is 0 Å². The van der Waals surface area contributed by atoms with Crippen LogP contribution in [0.3, 0.4) is 0 Å². The van der Waals surface area contributed by atoms with Crippen LogP contribution < -0.4 is 5.73 Å². The summed E-state index contributed by atoms with van der Waals surface area (Å²) >= 11 is 0. The monoisotopic (exact) mass is 173 g/mol. The minimum Gasteiger partial charge on any atom is -0.384 e. The summed E-state index contributed by atoms with van der Waals surface area (Å²) < 4.78 is 10.7. The maximum atomic E-state index is 5.56. The minimum absolute atomic E-state index is 0.210. The Hall–Kier alpha value is -0.120. The number of nitrogens with two attached hydrogens (primary N) is 1. The molecule has 1 aliphatic rings. The SMILES string of the molecule is COCC1(CCN)CCCOC1. The molecule has 0 spiro atoms. The summed E-state index contributed by atoms with van der Waals surface area (Å²) in [6, 6.07) is 0. The fourth-order valence-corrected chi connectivity index (χ4v) is 1.91. The van der Waals surface area contributed by atoms with E-state index in [1.807, 2.05) is 0 Å². The Morgan fingerprint density at radius 1 is 1.58 bits per heavy atom. The van der Waals surface area contributed by atoms with E-state index in [-0.39, 0.29) is 5.41 Å². The molecule has 1 saturated heterocycles. The highest BCUT2D eigenvalue weighted by molar-refractivity contribution is 4.81. The smallest absolute Gasteiger partial charge is 0.0544 e. The van der Waals surface area contributed by atoms with E-state index >= 15 is 0 Å². The zero-order valence-corrected chi connectivity index (χ0v) is 7.84. The van der Waals surface area contributed by atoms with Gasteiger partial charge in [-0.25, -0.2) is 0 Å². The van der Waals surface area contributed by atoms with E-state index in [1.54, 1.807) is 7.11 Å². The summed E-state index contributed by atoms with van der Waals surface area (Å²) in [5, 5.41) is 0. The van der Waals surface area contributed by atoms with Crippen LogP contribution in [0.2, 0.25) is 0 Å². The molecule has 1 heterocycles. The van der Waals surface area contributed by atoms with Gasteiger partial charge in [0.2, 0.25) is 0 Å². The lowest BCUT2D eigenvalue weighted by molar-refractivity contribution is -0.0518. The normalized spacial score (nSPS) is 30.5. The third-order valence-corrected chi connectivity index (χ3v) is 2.53. The molecular weight excluding hydrogens is 154 g/mol. The average Bonchev–Trinajstić information content (AvgIpc) is 2.07. The first-order chi connectivity index (χ1) is 5.83. The predicted octanol–water partition coefficient (Wildman–Crippen LogP) is 0.778. The Morgan fingerprint density at radius 2 is 2.42 bits per heavy atom. The highest BCUT2D eigenvalue weighted by atomic mass is 16.5. The van der Waals surface area contributed by atoms with E-state index in [0.717, 1.165) is 39.2 Å². The lowest BCUT2D eigenvalue weighted by atomic mass is 9.80. The van der Waals surface area contributed by atoms with Gasteiger partial charge in [0.05, 0.1) is 13.2 Å². The van der Waals surface area contributed by atoms with E-state index in [0.29, 0.717) is 0 Å². The van der Waals surface area contributed by atoms with Crippen molar-refractivity contribution in [3.8, 4) is 0 Å². The largest absolute Gasteiger partial charge is 0.384 e. The van der Waals surface area contributed by atoms with E-state index in [4.69, 9.17) is 15.2 Å². The fraction of sp³-hybridized carbons (Fsp3) is 1.00. The molecule has 2 N–H and O–H groups in total. The molecule has 1 fully saturated rings. The van der Waals surface area contributed by atoms with Crippen molar-refractivity contribution in [1.82, 2.24) is 0 Å². The molecule has 0 amide bonds. The van der Waals surface area contributed by atoms with Crippen molar-refractivity contribution >= 4 is 0 Å². The first kappa shape index (κ1) is 9.96. The molecule has 0 aliphatic carbocycles. The Morgan fingerprint density at radius 3 is 2.92 bits per heavy atom. The minimum atomic E-state index is 0.210. The molecule has 3 heteroatoms. The van der Waals surface area contributed by atoms with Gasteiger partial charge in [-0.3, -0.25) is 0 Å². The molecule has 0 bridgehead atoms. The molecule has 0 aromatic carbocycles. The first-order valence-electron chi connectivity index (χ1n) is 4.60. The summed E-state index contributed by atoms with van der Waals surface area (Å²) in [7, 11) is 1.74. The lowest BCUT2D eigenvalue weighted by Gasteiger charge is -2.36. The van der Waals surface area contributed by atoms with Gasteiger partial charge in [-0.1, -0.05) is 0 Å². The summed E-state index contributed by atoms with van der Waals surface area (Å²) in [5.41, 5.74) is 5.77. The summed E-state index contributed by atoms with van der Waals surface area (Å²) in [6.45, 7) is 3.23. The molecule has 12 heavy (non-hydrogen) atoms. The van der Waals surface area contributed by atoms with E-state index in [1.165, 1.54) is 6.42 Å². The lowest BCUT2D eigenvalue weighted by Crippen LogP contribution is -2.37. The zero-order chi connectivity index (χ0) is 8.86. The summed E-state index contributed by atoms with van der Waals surface area (Å²) in [5.74, 6) is 0. The molecule has 0 aromatic rings. The Labute approximate surface area is 74.2 Å². The third kappa shape index (κ3) is 2.44. The molecular formula is C9H19NO2. The van der Waals surface area contributed by atoms with Gasteiger partial charge >= 0.3 is 0 Å². The molecule has 0 aromatic heterocycles. The van der Waals surface area contributed by atoms with Gasteiger partial charge < -0.3 is 15.2 Å². The maximum Gasteiger partial charge on any atom is 0.0544 e. The number of hydrogen-bond acceptors (Lipinski definition) is 3. The van der Waals surface area contributed by atoms with E-state index in [9.17, 15) is 0 Å². The second-order valence-electron chi connectivity index (χ2n) is 3.63. The quantitative estimate of drug-likeness (QED) is 0.683. The Bertz CT molecular complexity index is 106. The number of methoxy groups -OCH3 is 1. The molecule has 1 rings (SSSR count). The molecule has 0 radical (unpaired) electrons. The Balaban J connectivity index is 2.44. The van der Waals surface area contributed by atoms with Crippen molar-refractivity contribution in [1.29, 1.82) is 0 Å². The fourth-order valence-electron chi connectivity index (χ4n) is 1.91. The highest BCUT2D eigenvalue weighted by Gasteiger charge is 2.31. The van der Waals surface area contributed by atoms with E-state index < -0.39 is 0 Å². The van der Waals surface area contributed by atoms with Crippen molar-refractivity contribution in [2.45, 2.75) is 19.3 Å². The predicted molar refractivity (Wildman–Crippen MR) is 48.0 cm³/mol. The molecule has 0 saturated carbocycles. The van der Waals surface area contributed by atoms with Crippen molar-refractivity contribution in [3.63, 3.8) is 0 Å². The molecule has 1 unspecified atom stereocenters. The van der Waals surface area contributed by atoms with Gasteiger partial charge in [0.1, 0.15) is 0 Å². The van der Waals surface area contributed by atoms with Crippen LogP contribution in [0.15, 0.2) is 0 Å². The second kappa shape index (κ2) is 4.80. The number of ether oxygens (including phenoxy) is 2. The average molecular weight is 173 g/mol. The van der Waals surface area contributed by atoms with Crippen molar-refractivity contribution < 1.29 is 9.47 Å². The van der Waals surface area contributed by atoms with Crippen LogP contribution >= 0.6 is 0 Å². The molecule has 1 aliphatic heterocycles. The topological polar surface area (TPSA) is 44.5 Å². The first-order valence-corrected chi connectivity index (χ1v) is 4.60. The van der Waals surface area contributed by atoms with Crippen LogP contribution in [0.4, 0.5) is 0 Å². The second-order valence-corrected chi connectivity index (χ2v) is 3.63. The Kier molecular flexibility index (Phi) is 3.98. The highest BCUT2D eigenvalue weighted by Crippen LogP contribution is 2.31. The van der Waals surface area contributed by atoms with Gasteiger partial charge in [0.25, 0.3) is 0 Å². The summed E-state index contributed by atoms with van der Waals surface area (Å²) in [6.07, 6.45) is 3.35. The van der Waals surface area contributed by atoms with Gasteiger partial charge in [0, 0.05) is 19.1 Å². The third-order valence-electron chi connectivity index (χ3n) is 2.53. The van der Waals surface area contributed by atoms with Crippen LogP contribution in [0.1, 0.15) is 19.3 Å². The molecule has 1 atom stereocenters. The van der Waals surface area contributed by atoms with Crippen LogP contribution in [0.5, 0.6) is 0 Å². The molecule has 72 valence electrons. The van der Waals surface area contributed by atoms with Crippen molar-refractivity contribution in [2.75, 3.05) is 33.5 Å². The summed E-state index contributed by atoms with van der Waals surface area (Å²) in [4.78, 5) is 0. The van der Waals surface area contributed by atoms with Gasteiger partial charge in [-0.2, -0.15) is 0 Å². The van der Waals surface area contributed by atoms with Crippen molar-refractivity contribution in [3.05, 3.63) is 0 Å². The maximum absolute atomic E-state index is 5.56. The van der Waals surface area contributed by atoms with Crippen molar-refractivity contribution in [2.24, 2.45) is 11.1 Å².